The van der Waals surface area contributed by atoms with Crippen molar-refractivity contribution >= 4 is 6.03 Å². The Labute approximate surface area is 134 Å². The average Bonchev–Trinajstić information content (AvgIpc) is 3.24. The lowest BCUT2D eigenvalue weighted by atomic mass is 9.98. The van der Waals surface area contributed by atoms with Gasteiger partial charge in [0, 0.05) is 25.2 Å². The molecule has 23 heavy (non-hydrogen) atoms. The Kier molecular flexibility index (Phi) is 4.59. The SMILES string of the molecule is CC[C@H](NC(=O)N1CCCC[C@H]1c1cn[nH]c1)c1noc(C)n1. The van der Waals surface area contributed by atoms with Gasteiger partial charge >= 0.3 is 6.03 Å². The van der Waals surface area contributed by atoms with E-state index in [-0.39, 0.29) is 18.1 Å². The third-order valence-electron chi connectivity index (χ3n) is 4.23. The van der Waals surface area contributed by atoms with Gasteiger partial charge in [0.1, 0.15) is 0 Å². The van der Waals surface area contributed by atoms with Crippen LogP contribution in [0.3, 0.4) is 0 Å². The van der Waals surface area contributed by atoms with E-state index in [0.29, 0.717) is 18.1 Å². The van der Waals surface area contributed by atoms with E-state index in [1.165, 1.54) is 0 Å². The van der Waals surface area contributed by atoms with E-state index in [2.05, 4.69) is 25.7 Å². The Morgan fingerprint density at radius 2 is 2.43 bits per heavy atom. The summed E-state index contributed by atoms with van der Waals surface area (Å²) >= 11 is 0. The maximum Gasteiger partial charge on any atom is 0.318 e. The van der Waals surface area contributed by atoms with Gasteiger partial charge in [-0.25, -0.2) is 4.79 Å². The summed E-state index contributed by atoms with van der Waals surface area (Å²) in [6.07, 6.45) is 7.42. The second-order valence-corrected chi connectivity index (χ2v) is 5.82. The number of hydrogen-bond acceptors (Lipinski definition) is 5. The molecule has 0 radical (unpaired) electrons. The molecule has 8 heteroatoms. The summed E-state index contributed by atoms with van der Waals surface area (Å²) in [6.45, 7) is 4.47. The summed E-state index contributed by atoms with van der Waals surface area (Å²) in [6, 6.07) is -0.274. The molecular weight excluding hydrogens is 296 g/mol. The van der Waals surface area contributed by atoms with Crippen molar-refractivity contribution in [3.8, 4) is 0 Å². The largest absolute Gasteiger partial charge is 0.340 e. The Hall–Kier alpha value is -2.38. The molecule has 2 aromatic heterocycles. The first-order valence-electron chi connectivity index (χ1n) is 8.05. The highest BCUT2D eigenvalue weighted by molar-refractivity contribution is 5.75. The second kappa shape index (κ2) is 6.80. The number of rotatable bonds is 4. The van der Waals surface area contributed by atoms with Gasteiger partial charge in [0.05, 0.1) is 18.3 Å². The zero-order valence-corrected chi connectivity index (χ0v) is 13.5. The Balaban J connectivity index is 1.72. The van der Waals surface area contributed by atoms with E-state index in [1.807, 2.05) is 18.0 Å². The molecule has 1 aliphatic rings. The van der Waals surface area contributed by atoms with Crippen molar-refractivity contribution in [2.24, 2.45) is 0 Å². The van der Waals surface area contributed by atoms with Gasteiger partial charge in [-0.05, 0) is 25.7 Å². The van der Waals surface area contributed by atoms with Gasteiger partial charge in [0.2, 0.25) is 5.89 Å². The zero-order valence-electron chi connectivity index (χ0n) is 13.5. The van der Waals surface area contributed by atoms with Gasteiger partial charge in [-0.15, -0.1) is 0 Å². The first-order chi connectivity index (χ1) is 11.2. The van der Waals surface area contributed by atoms with Crippen LogP contribution in [-0.4, -0.2) is 37.8 Å². The summed E-state index contributed by atoms with van der Waals surface area (Å²) in [7, 11) is 0. The van der Waals surface area contributed by atoms with Crippen LogP contribution in [0, 0.1) is 6.92 Å². The van der Waals surface area contributed by atoms with Gasteiger partial charge in [-0.2, -0.15) is 10.1 Å². The molecule has 0 aromatic carbocycles. The summed E-state index contributed by atoms with van der Waals surface area (Å²) in [5.74, 6) is 1.03. The smallest absolute Gasteiger partial charge is 0.318 e. The number of likely N-dealkylation sites (tertiary alicyclic amines) is 1. The number of aryl methyl sites for hydroxylation is 1. The molecule has 0 spiro atoms. The Bertz CT molecular complexity index is 638. The van der Waals surface area contributed by atoms with E-state index in [0.717, 1.165) is 31.4 Å². The number of nitrogens with one attached hydrogen (secondary N) is 2. The van der Waals surface area contributed by atoms with Gasteiger partial charge in [-0.3, -0.25) is 5.10 Å². The first-order valence-corrected chi connectivity index (χ1v) is 8.05. The van der Waals surface area contributed by atoms with Crippen LogP contribution in [0.15, 0.2) is 16.9 Å². The molecule has 3 heterocycles. The third kappa shape index (κ3) is 3.35. The second-order valence-electron chi connectivity index (χ2n) is 5.82. The zero-order chi connectivity index (χ0) is 16.2. The molecule has 0 saturated carbocycles. The highest BCUT2D eigenvalue weighted by Crippen LogP contribution is 2.30. The van der Waals surface area contributed by atoms with Crippen LogP contribution in [0.1, 0.15) is 62.0 Å². The molecule has 2 aromatic rings. The van der Waals surface area contributed by atoms with E-state index in [1.54, 1.807) is 13.1 Å². The molecule has 1 aliphatic heterocycles. The topological polar surface area (TPSA) is 99.9 Å². The molecule has 3 rings (SSSR count). The van der Waals surface area contributed by atoms with E-state index >= 15 is 0 Å². The molecule has 1 fully saturated rings. The molecular formula is C15H22N6O2. The lowest BCUT2D eigenvalue weighted by Gasteiger charge is -2.36. The number of nitrogens with zero attached hydrogens (tertiary/aromatic N) is 4. The number of carbonyl (C=O) groups is 1. The van der Waals surface area contributed by atoms with E-state index < -0.39 is 0 Å². The van der Waals surface area contributed by atoms with Crippen molar-refractivity contribution < 1.29 is 9.32 Å². The number of hydrogen-bond donors (Lipinski definition) is 2. The molecule has 124 valence electrons. The minimum absolute atomic E-state index is 0.0620. The minimum Gasteiger partial charge on any atom is -0.340 e. The molecule has 2 N–H and O–H groups in total. The molecule has 2 atom stereocenters. The quantitative estimate of drug-likeness (QED) is 0.902. The predicted octanol–water partition coefficient (Wildman–Crippen LogP) is 2.49. The number of carbonyl (C=O) groups excluding carboxylic acids is 1. The van der Waals surface area contributed by atoms with Crippen molar-refractivity contribution in [3.63, 3.8) is 0 Å². The highest BCUT2D eigenvalue weighted by atomic mass is 16.5. The standard InChI is InChI=1S/C15H22N6O2/c1-3-12(14-18-10(2)23-20-14)19-15(22)21-7-5-4-6-13(21)11-8-16-17-9-11/h8-9,12-13H,3-7H2,1-2H3,(H,16,17)(H,19,22)/t12-,13-/m0/s1. The van der Waals surface area contributed by atoms with Crippen molar-refractivity contribution in [3.05, 3.63) is 29.7 Å². The van der Waals surface area contributed by atoms with Crippen LogP contribution in [0.25, 0.3) is 0 Å². The van der Waals surface area contributed by atoms with Gasteiger partial charge in [0.25, 0.3) is 0 Å². The molecule has 0 unspecified atom stereocenters. The number of piperidine rings is 1. The minimum atomic E-state index is -0.244. The summed E-state index contributed by atoms with van der Waals surface area (Å²) in [5, 5.41) is 13.8. The lowest BCUT2D eigenvalue weighted by Crippen LogP contribution is -2.45. The van der Waals surface area contributed by atoms with Crippen LogP contribution < -0.4 is 5.32 Å². The van der Waals surface area contributed by atoms with Crippen LogP contribution in [0.2, 0.25) is 0 Å². The number of aromatic amines is 1. The van der Waals surface area contributed by atoms with Gasteiger partial charge in [-0.1, -0.05) is 12.1 Å². The van der Waals surface area contributed by atoms with Gasteiger partial charge in [0.15, 0.2) is 5.82 Å². The fourth-order valence-electron chi connectivity index (χ4n) is 3.00. The molecule has 8 nitrogen and oxygen atoms in total. The number of aromatic nitrogens is 4. The number of amides is 2. The van der Waals surface area contributed by atoms with Crippen molar-refractivity contribution in [1.82, 2.24) is 30.6 Å². The van der Waals surface area contributed by atoms with Crippen LogP contribution in [0.5, 0.6) is 0 Å². The summed E-state index contributed by atoms with van der Waals surface area (Å²) in [4.78, 5) is 18.9. The highest BCUT2D eigenvalue weighted by Gasteiger charge is 2.30. The van der Waals surface area contributed by atoms with Crippen LogP contribution >= 0.6 is 0 Å². The molecule has 0 bridgehead atoms. The normalized spacial score (nSPS) is 19.6. The van der Waals surface area contributed by atoms with Gasteiger partial charge < -0.3 is 14.7 Å². The average molecular weight is 318 g/mol. The summed E-state index contributed by atoms with van der Waals surface area (Å²) in [5.41, 5.74) is 1.04. The maximum absolute atomic E-state index is 12.8. The Morgan fingerprint density at radius 1 is 1.57 bits per heavy atom. The Morgan fingerprint density at radius 3 is 3.09 bits per heavy atom. The van der Waals surface area contributed by atoms with Crippen molar-refractivity contribution in [2.75, 3.05) is 6.54 Å². The fraction of sp³-hybridized carbons (Fsp3) is 0.600. The van der Waals surface area contributed by atoms with Crippen LogP contribution in [0.4, 0.5) is 4.79 Å². The van der Waals surface area contributed by atoms with Crippen molar-refractivity contribution in [2.45, 2.75) is 51.6 Å². The monoisotopic (exact) mass is 318 g/mol. The number of urea groups is 1. The molecule has 1 saturated heterocycles. The number of H-pyrrole nitrogens is 1. The lowest BCUT2D eigenvalue weighted by molar-refractivity contribution is 0.147. The first kappa shape index (κ1) is 15.5. The third-order valence-corrected chi connectivity index (χ3v) is 4.23. The van der Waals surface area contributed by atoms with Crippen LogP contribution in [-0.2, 0) is 0 Å². The predicted molar refractivity (Wildman–Crippen MR) is 82.5 cm³/mol. The maximum atomic E-state index is 12.8. The van der Waals surface area contributed by atoms with Crippen molar-refractivity contribution in [1.29, 1.82) is 0 Å². The fourth-order valence-corrected chi connectivity index (χ4v) is 3.00. The molecule has 2 amide bonds. The summed E-state index contributed by atoms with van der Waals surface area (Å²) < 4.78 is 5.02. The molecule has 0 aliphatic carbocycles. The van der Waals surface area contributed by atoms with E-state index in [9.17, 15) is 4.79 Å². The van der Waals surface area contributed by atoms with E-state index in [4.69, 9.17) is 4.52 Å².